The minimum absolute atomic E-state index is 0.0739. The minimum atomic E-state index is -5.10. The van der Waals surface area contributed by atoms with Crippen LogP contribution in [0.5, 0.6) is 5.75 Å². The molecule has 0 aliphatic heterocycles. The molecule has 3 aromatic rings. The van der Waals surface area contributed by atoms with Crippen molar-refractivity contribution in [2.45, 2.75) is 43.5 Å². The molecule has 0 fully saturated rings. The fraction of sp³-hybridized carbons (Fsp3) is 0.292. The first-order valence-corrected chi connectivity index (χ1v) is 9.96. The molecule has 0 aromatic heterocycles. The molecule has 168 valence electrons. The highest BCUT2D eigenvalue weighted by Crippen LogP contribution is 2.55. The average Bonchev–Trinajstić information content (AvgIpc) is 2.71. The lowest BCUT2D eigenvalue weighted by Crippen LogP contribution is -2.60. The van der Waals surface area contributed by atoms with Gasteiger partial charge in [0, 0.05) is 11.1 Å². The predicted octanol–water partition coefficient (Wildman–Crippen LogP) is 5.13. The zero-order valence-electron chi connectivity index (χ0n) is 17.3. The molecular formula is C24H21F4NO3. The van der Waals surface area contributed by atoms with E-state index in [1.807, 2.05) is 12.1 Å². The fourth-order valence-electron chi connectivity index (χ4n) is 4.66. The summed E-state index contributed by atoms with van der Waals surface area (Å²) < 4.78 is 56.4. The Morgan fingerprint density at radius 3 is 2.38 bits per heavy atom. The third-order valence-corrected chi connectivity index (χ3v) is 6.12. The number of halogens is 4. The van der Waals surface area contributed by atoms with Crippen molar-refractivity contribution in [2.75, 3.05) is 0 Å². The van der Waals surface area contributed by atoms with Crippen LogP contribution in [-0.2, 0) is 5.41 Å². The second-order valence-corrected chi connectivity index (χ2v) is 8.81. The second-order valence-electron chi connectivity index (χ2n) is 8.81. The lowest BCUT2D eigenvalue weighted by atomic mass is 9.63. The molecule has 0 radical (unpaired) electrons. The number of phenolic OH excluding ortho intramolecular Hbond substituents is 1. The first-order chi connectivity index (χ1) is 14.8. The topological polar surface area (TPSA) is 69.6 Å². The summed E-state index contributed by atoms with van der Waals surface area (Å²) in [5.74, 6) is -2.62. The highest BCUT2D eigenvalue weighted by Gasteiger charge is 2.64. The third-order valence-electron chi connectivity index (χ3n) is 6.12. The van der Waals surface area contributed by atoms with Crippen LogP contribution in [-0.4, -0.2) is 27.9 Å². The van der Waals surface area contributed by atoms with Crippen LogP contribution >= 0.6 is 0 Å². The van der Waals surface area contributed by atoms with Crippen LogP contribution in [0.4, 0.5) is 17.6 Å². The van der Waals surface area contributed by atoms with E-state index in [0.717, 1.165) is 22.9 Å². The number of nitrogens with one attached hydrogen (secondary N) is 1. The van der Waals surface area contributed by atoms with Gasteiger partial charge in [-0.25, -0.2) is 4.39 Å². The SMILES string of the molecule is CC1(C)C[C@](O)(C(F)(F)F)[C@H](NC(=O)c2ccc3ccccc3c2)c2ccc(F)c(O)c21. The molecule has 1 amide bonds. The predicted molar refractivity (Wildman–Crippen MR) is 111 cm³/mol. The van der Waals surface area contributed by atoms with E-state index < -0.39 is 47.1 Å². The van der Waals surface area contributed by atoms with E-state index >= 15 is 0 Å². The van der Waals surface area contributed by atoms with E-state index in [9.17, 15) is 32.6 Å². The zero-order chi connectivity index (χ0) is 23.5. The van der Waals surface area contributed by atoms with Crippen LogP contribution in [0.2, 0.25) is 0 Å². The molecule has 3 N–H and O–H groups in total. The van der Waals surface area contributed by atoms with Gasteiger partial charge in [0.15, 0.2) is 17.2 Å². The Bertz CT molecular complexity index is 1220. The third kappa shape index (κ3) is 3.39. The van der Waals surface area contributed by atoms with Gasteiger partial charge in [0.25, 0.3) is 5.91 Å². The number of carbonyl (C=O) groups excluding carboxylic acids is 1. The Labute approximate surface area is 181 Å². The second kappa shape index (κ2) is 7.20. The Morgan fingerprint density at radius 2 is 1.72 bits per heavy atom. The number of rotatable bonds is 2. The lowest BCUT2D eigenvalue weighted by molar-refractivity contribution is -0.280. The Balaban J connectivity index is 1.83. The standard InChI is InChI=1S/C24H21F4NO3/c1-22(2)12-23(32,24(26,27)28)20(16-9-10-17(25)19(30)18(16)22)29-21(31)15-8-7-13-5-3-4-6-14(13)11-15/h3-11,20,30,32H,12H2,1-2H3,(H,29,31)/t20-,23-/m1/s1. The summed E-state index contributed by atoms with van der Waals surface area (Å²) in [5.41, 5.74) is -4.91. The Kier molecular flexibility index (Phi) is 4.97. The molecular weight excluding hydrogens is 426 g/mol. The maximum atomic E-state index is 14.1. The van der Waals surface area contributed by atoms with E-state index in [1.54, 1.807) is 18.2 Å². The van der Waals surface area contributed by atoms with Crippen molar-refractivity contribution in [3.63, 3.8) is 0 Å². The number of hydrogen-bond acceptors (Lipinski definition) is 3. The molecule has 0 unspecified atom stereocenters. The van der Waals surface area contributed by atoms with Crippen molar-refractivity contribution in [2.24, 2.45) is 0 Å². The fourth-order valence-corrected chi connectivity index (χ4v) is 4.66. The maximum Gasteiger partial charge on any atom is 0.419 e. The quantitative estimate of drug-likeness (QED) is 0.477. The van der Waals surface area contributed by atoms with Gasteiger partial charge in [-0.3, -0.25) is 4.79 Å². The number of alkyl halides is 3. The summed E-state index contributed by atoms with van der Waals surface area (Å²) in [6.45, 7) is 2.76. The number of benzene rings is 3. The molecule has 2 atom stereocenters. The first kappa shape index (κ1) is 22.1. The number of phenols is 1. The van der Waals surface area contributed by atoms with Gasteiger partial charge in [-0.1, -0.05) is 50.2 Å². The molecule has 32 heavy (non-hydrogen) atoms. The molecule has 0 spiro atoms. The molecule has 0 saturated carbocycles. The van der Waals surface area contributed by atoms with Gasteiger partial charge >= 0.3 is 6.18 Å². The average molecular weight is 447 g/mol. The molecule has 1 aliphatic rings. The van der Waals surface area contributed by atoms with Crippen LogP contribution in [0, 0.1) is 5.82 Å². The molecule has 1 aliphatic carbocycles. The van der Waals surface area contributed by atoms with Gasteiger partial charge in [0.05, 0.1) is 6.04 Å². The van der Waals surface area contributed by atoms with Crippen LogP contribution in [0.3, 0.4) is 0 Å². The normalized spacial score (nSPS) is 22.4. The van der Waals surface area contributed by atoms with Gasteiger partial charge in [0.1, 0.15) is 0 Å². The number of carbonyl (C=O) groups is 1. The molecule has 8 heteroatoms. The monoisotopic (exact) mass is 447 g/mol. The summed E-state index contributed by atoms with van der Waals surface area (Å²) in [7, 11) is 0. The molecule has 4 nitrogen and oxygen atoms in total. The van der Waals surface area contributed by atoms with Crippen molar-refractivity contribution in [1.82, 2.24) is 5.32 Å². The maximum absolute atomic E-state index is 14.1. The van der Waals surface area contributed by atoms with Crippen LogP contribution in [0.15, 0.2) is 54.6 Å². The lowest BCUT2D eigenvalue weighted by Gasteiger charge is -2.48. The summed E-state index contributed by atoms with van der Waals surface area (Å²) in [6, 6.07) is 11.8. The number of amides is 1. The first-order valence-electron chi connectivity index (χ1n) is 9.96. The van der Waals surface area contributed by atoms with Crippen molar-refractivity contribution < 1.29 is 32.6 Å². The van der Waals surface area contributed by atoms with E-state index in [-0.39, 0.29) is 16.7 Å². The van der Waals surface area contributed by atoms with Gasteiger partial charge in [-0.05, 0) is 46.4 Å². The van der Waals surface area contributed by atoms with Crippen LogP contribution < -0.4 is 5.32 Å². The summed E-state index contributed by atoms with van der Waals surface area (Å²) >= 11 is 0. The van der Waals surface area contributed by atoms with Crippen LogP contribution in [0.1, 0.15) is 47.8 Å². The summed E-state index contributed by atoms with van der Waals surface area (Å²) in [6.07, 6.45) is -5.98. The van der Waals surface area contributed by atoms with E-state index in [4.69, 9.17) is 0 Å². The minimum Gasteiger partial charge on any atom is -0.505 e. The van der Waals surface area contributed by atoms with Crippen molar-refractivity contribution in [3.8, 4) is 5.75 Å². The van der Waals surface area contributed by atoms with E-state index in [2.05, 4.69) is 5.32 Å². The van der Waals surface area contributed by atoms with Gasteiger partial charge in [-0.15, -0.1) is 0 Å². The largest absolute Gasteiger partial charge is 0.505 e. The van der Waals surface area contributed by atoms with E-state index in [0.29, 0.717) is 0 Å². The van der Waals surface area contributed by atoms with Crippen molar-refractivity contribution in [3.05, 3.63) is 77.1 Å². The molecule has 0 heterocycles. The zero-order valence-corrected chi connectivity index (χ0v) is 17.3. The Hall–Kier alpha value is -3.13. The smallest absolute Gasteiger partial charge is 0.419 e. The Morgan fingerprint density at radius 1 is 1.06 bits per heavy atom. The van der Waals surface area contributed by atoms with Gasteiger partial charge in [0.2, 0.25) is 0 Å². The molecule has 0 bridgehead atoms. The van der Waals surface area contributed by atoms with Gasteiger partial charge < -0.3 is 15.5 Å². The number of aromatic hydroxyl groups is 1. The molecule has 4 rings (SSSR count). The highest BCUT2D eigenvalue weighted by molar-refractivity contribution is 5.98. The summed E-state index contributed by atoms with van der Waals surface area (Å²) in [5, 5.41) is 25.0. The summed E-state index contributed by atoms with van der Waals surface area (Å²) in [4.78, 5) is 13.0. The van der Waals surface area contributed by atoms with Crippen LogP contribution in [0.25, 0.3) is 10.8 Å². The van der Waals surface area contributed by atoms with Gasteiger partial charge in [-0.2, -0.15) is 13.2 Å². The molecule has 3 aromatic carbocycles. The van der Waals surface area contributed by atoms with Crippen molar-refractivity contribution >= 4 is 16.7 Å². The molecule has 0 saturated heterocycles. The van der Waals surface area contributed by atoms with E-state index in [1.165, 1.54) is 26.0 Å². The number of fused-ring (bicyclic) bond motifs is 2. The number of aliphatic hydroxyl groups is 1. The highest BCUT2D eigenvalue weighted by atomic mass is 19.4. The number of hydrogen-bond donors (Lipinski definition) is 3. The van der Waals surface area contributed by atoms with Crippen molar-refractivity contribution in [1.29, 1.82) is 0 Å².